The topological polar surface area (TPSA) is 12.0 Å². The first-order valence-electron chi connectivity index (χ1n) is 5.29. The first-order valence-corrected chi connectivity index (χ1v) is 5.29. The van der Waals surface area contributed by atoms with Crippen LogP contribution < -0.4 is 5.32 Å². The maximum atomic E-state index is 13.3. The summed E-state index contributed by atoms with van der Waals surface area (Å²) in [5.74, 6) is -0.165. The molecule has 1 nitrogen and oxygen atoms in total. The number of nitrogens with one attached hydrogen (secondary N) is 1. The number of benzene rings is 2. The van der Waals surface area contributed by atoms with Crippen molar-refractivity contribution in [2.75, 3.05) is 5.32 Å². The van der Waals surface area contributed by atoms with Gasteiger partial charge in [-0.05, 0) is 25.1 Å². The third kappa shape index (κ3) is 3.75. The zero-order valence-corrected chi connectivity index (χ0v) is 10.4. The van der Waals surface area contributed by atoms with Crippen molar-refractivity contribution in [2.24, 2.45) is 0 Å². The van der Waals surface area contributed by atoms with E-state index in [0.717, 1.165) is 5.69 Å². The summed E-state index contributed by atoms with van der Waals surface area (Å²) in [6.07, 6.45) is 0. The standard InChI is InChI=1S/C14H14FN.ClH/c1-11-6-8-13(9-7-11)16-10-12-4-2-3-5-14(12)15;/h2-9,16H,10H2,1H3;1H. The lowest BCUT2D eigenvalue weighted by Crippen LogP contribution is -2.01. The molecule has 0 saturated carbocycles. The van der Waals surface area contributed by atoms with Crippen LogP contribution in [0.1, 0.15) is 11.1 Å². The van der Waals surface area contributed by atoms with Gasteiger partial charge < -0.3 is 5.32 Å². The van der Waals surface area contributed by atoms with E-state index in [2.05, 4.69) is 5.32 Å². The van der Waals surface area contributed by atoms with Crippen LogP contribution in [0.4, 0.5) is 10.1 Å². The van der Waals surface area contributed by atoms with Crippen molar-refractivity contribution in [3.05, 3.63) is 65.5 Å². The minimum absolute atomic E-state index is 0. The van der Waals surface area contributed by atoms with Gasteiger partial charge in [-0.1, -0.05) is 35.9 Å². The molecule has 90 valence electrons. The van der Waals surface area contributed by atoms with E-state index in [-0.39, 0.29) is 18.2 Å². The summed E-state index contributed by atoms with van der Waals surface area (Å²) in [6, 6.07) is 14.9. The van der Waals surface area contributed by atoms with E-state index in [0.29, 0.717) is 12.1 Å². The first kappa shape index (κ1) is 13.5. The molecule has 2 aromatic rings. The maximum absolute atomic E-state index is 13.3. The molecule has 0 radical (unpaired) electrons. The second kappa shape index (κ2) is 6.26. The number of hydrogen-bond acceptors (Lipinski definition) is 1. The normalized spacial score (nSPS) is 9.53. The Morgan fingerprint density at radius 1 is 1.00 bits per heavy atom. The minimum atomic E-state index is -0.165. The third-order valence-corrected chi connectivity index (χ3v) is 2.49. The molecule has 2 rings (SSSR count). The largest absolute Gasteiger partial charge is 0.381 e. The molecule has 0 unspecified atom stereocenters. The molecule has 1 N–H and O–H groups in total. The van der Waals surface area contributed by atoms with E-state index in [1.165, 1.54) is 11.6 Å². The van der Waals surface area contributed by atoms with Gasteiger partial charge in [0.15, 0.2) is 0 Å². The summed E-state index contributed by atoms with van der Waals surface area (Å²) < 4.78 is 13.3. The molecule has 0 aromatic heterocycles. The Kier molecular flexibility index (Phi) is 4.98. The van der Waals surface area contributed by atoms with Crippen LogP contribution in [-0.2, 0) is 6.54 Å². The molecule has 0 saturated heterocycles. The van der Waals surface area contributed by atoms with Crippen molar-refractivity contribution in [2.45, 2.75) is 13.5 Å². The summed E-state index contributed by atoms with van der Waals surface area (Å²) in [5, 5.41) is 3.19. The number of hydrogen-bond donors (Lipinski definition) is 1. The van der Waals surface area contributed by atoms with Gasteiger partial charge in [0.1, 0.15) is 5.82 Å². The van der Waals surface area contributed by atoms with Gasteiger partial charge in [0.2, 0.25) is 0 Å². The van der Waals surface area contributed by atoms with Crippen LogP contribution in [0.2, 0.25) is 0 Å². The van der Waals surface area contributed by atoms with Gasteiger partial charge in [-0.3, -0.25) is 0 Å². The lowest BCUT2D eigenvalue weighted by Gasteiger charge is -2.07. The molecule has 3 heteroatoms. The summed E-state index contributed by atoms with van der Waals surface area (Å²) in [5.41, 5.74) is 2.91. The van der Waals surface area contributed by atoms with Gasteiger partial charge >= 0.3 is 0 Å². The van der Waals surface area contributed by atoms with Crippen LogP contribution in [0.5, 0.6) is 0 Å². The highest BCUT2D eigenvalue weighted by atomic mass is 35.5. The van der Waals surface area contributed by atoms with Gasteiger partial charge in [0, 0.05) is 17.8 Å². The summed E-state index contributed by atoms with van der Waals surface area (Å²) in [4.78, 5) is 0. The number of rotatable bonds is 3. The molecule has 0 aliphatic heterocycles. The summed E-state index contributed by atoms with van der Waals surface area (Å²) in [7, 11) is 0. The maximum Gasteiger partial charge on any atom is 0.128 e. The van der Waals surface area contributed by atoms with E-state index < -0.39 is 0 Å². The van der Waals surface area contributed by atoms with Crippen molar-refractivity contribution in [3.63, 3.8) is 0 Å². The van der Waals surface area contributed by atoms with Gasteiger partial charge in [-0.15, -0.1) is 12.4 Å². The molecule has 0 spiro atoms. The highest BCUT2D eigenvalue weighted by molar-refractivity contribution is 5.85. The van der Waals surface area contributed by atoms with Crippen LogP contribution in [0, 0.1) is 12.7 Å². The average molecular weight is 252 g/mol. The van der Waals surface area contributed by atoms with Gasteiger partial charge in [0.25, 0.3) is 0 Å². The molecule has 0 heterocycles. The van der Waals surface area contributed by atoms with E-state index in [4.69, 9.17) is 0 Å². The first-order chi connectivity index (χ1) is 7.75. The van der Waals surface area contributed by atoms with Crippen molar-refractivity contribution in [1.29, 1.82) is 0 Å². The fraction of sp³-hybridized carbons (Fsp3) is 0.143. The lowest BCUT2D eigenvalue weighted by molar-refractivity contribution is 0.613. The molecule has 2 aromatic carbocycles. The highest BCUT2D eigenvalue weighted by Gasteiger charge is 1.99. The van der Waals surface area contributed by atoms with Crippen molar-refractivity contribution >= 4 is 18.1 Å². The second-order valence-electron chi connectivity index (χ2n) is 3.81. The highest BCUT2D eigenvalue weighted by Crippen LogP contribution is 2.12. The molecule has 0 fully saturated rings. The zero-order chi connectivity index (χ0) is 11.4. The Labute approximate surface area is 107 Å². The number of aryl methyl sites for hydroxylation is 1. The van der Waals surface area contributed by atoms with Gasteiger partial charge in [-0.2, -0.15) is 0 Å². The fourth-order valence-corrected chi connectivity index (χ4v) is 1.51. The van der Waals surface area contributed by atoms with E-state index in [9.17, 15) is 4.39 Å². The average Bonchev–Trinajstić information content (AvgIpc) is 2.30. The van der Waals surface area contributed by atoms with Crippen LogP contribution in [0.15, 0.2) is 48.5 Å². The van der Waals surface area contributed by atoms with E-state index >= 15 is 0 Å². The Balaban J connectivity index is 0.00000144. The SMILES string of the molecule is Cc1ccc(NCc2ccccc2F)cc1.Cl. The smallest absolute Gasteiger partial charge is 0.128 e. The summed E-state index contributed by atoms with van der Waals surface area (Å²) in [6.45, 7) is 2.55. The second-order valence-corrected chi connectivity index (χ2v) is 3.81. The lowest BCUT2D eigenvalue weighted by atomic mass is 10.2. The van der Waals surface area contributed by atoms with Crippen molar-refractivity contribution in [1.82, 2.24) is 0 Å². The monoisotopic (exact) mass is 251 g/mol. The molecular formula is C14H15ClFN. The van der Waals surface area contributed by atoms with Crippen LogP contribution in [-0.4, -0.2) is 0 Å². The van der Waals surface area contributed by atoms with Crippen LogP contribution in [0.25, 0.3) is 0 Å². The molecule has 17 heavy (non-hydrogen) atoms. The molecule has 0 amide bonds. The zero-order valence-electron chi connectivity index (χ0n) is 9.61. The molecule has 0 aliphatic carbocycles. The quantitative estimate of drug-likeness (QED) is 0.863. The van der Waals surface area contributed by atoms with E-state index in [1.807, 2.05) is 37.3 Å². The Morgan fingerprint density at radius 3 is 2.29 bits per heavy atom. The minimum Gasteiger partial charge on any atom is -0.381 e. The number of halogens is 2. The van der Waals surface area contributed by atoms with Crippen molar-refractivity contribution in [3.8, 4) is 0 Å². The van der Waals surface area contributed by atoms with Crippen molar-refractivity contribution < 1.29 is 4.39 Å². The third-order valence-electron chi connectivity index (χ3n) is 2.49. The molecule has 0 aliphatic rings. The number of anilines is 1. The summed E-state index contributed by atoms with van der Waals surface area (Å²) >= 11 is 0. The predicted octanol–water partition coefficient (Wildman–Crippen LogP) is 4.17. The Hall–Kier alpha value is -1.54. The van der Waals surface area contributed by atoms with Gasteiger partial charge in [0.05, 0.1) is 0 Å². The predicted molar refractivity (Wildman–Crippen MR) is 72.2 cm³/mol. The van der Waals surface area contributed by atoms with Gasteiger partial charge in [-0.25, -0.2) is 4.39 Å². The fourth-order valence-electron chi connectivity index (χ4n) is 1.51. The molecular weight excluding hydrogens is 237 g/mol. The van der Waals surface area contributed by atoms with Crippen LogP contribution in [0.3, 0.4) is 0 Å². The Morgan fingerprint density at radius 2 is 1.65 bits per heavy atom. The van der Waals surface area contributed by atoms with Crippen LogP contribution >= 0.6 is 12.4 Å². The van der Waals surface area contributed by atoms with E-state index in [1.54, 1.807) is 12.1 Å². The molecule has 0 bridgehead atoms. The Bertz CT molecular complexity index is 468. The molecule has 0 atom stereocenters.